The quantitative estimate of drug-likeness (QED) is 0.897. The van der Waals surface area contributed by atoms with Gasteiger partial charge in [-0.25, -0.2) is 4.98 Å². The van der Waals surface area contributed by atoms with E-state index in [1.807, 2.05) is 35.0 Å². The molecular weight excluding hydrogens is 240 g/mol. The lowest BCUT2D eigenvalue weighted by Crippen LogP contribution is -2.26. The van der Waals surface area contributed by atoms with Crippen LogP contribution in [0.25, 0.3) is 0 Å². The van der Waals surface area contributed by atoms with E-state index in [-0.39, 0.29) is 0 Å². The van der Waals surface area contributed by atoms with Gasteiger partial charge in [0.15, 0.2) is 0 Å². The van der Waals surface area contributed by atoms with Crippen LogP contribution >= 0.6 is 0 Å². The van der Waals surface area contributed by atoms with Crippen molar-refractivity contribution >= 4 is 0 Å². The summed E-state index contributed by atoms with van der Waals surface area (Å²) >= 11 is 0. The second-order valence-corrected chi connectivity index (χ2v) is 4.78. The lowest BCUT2D eigenvalue weighted by Gasteiger charge is -2.25. The molecule has 2 aromatic rings. The Balaban J connectivity index is 2.32. The number of methoxy groups -OCH3 is 1. The van der Waals surface area contributed by atoms with Crippen molar-refractivity contribution in [2.45, 2.75) is 32.4 Å². The largest absolute Gasteiger partial charge is 0.496 e. The second kappa shape index (κ2) is 5.45. The third-order valence-corrected chi connectivity index (χ3v) is 3.33. The second-order valence-electron chi connectivity index (χ2n) is 4.78. The first-order chi connectivity index (χ1) is 9.08. The zero-order valence-corrected chi connectivity index (χ0v) is 11.6. The number of aromatic nitrogens is 2. The molecule has 4 nitrogen and oxygen atoms in total. The zero-order chi connectivity index (χ0) is 13.9. The van der Waals surface area contributed by atoms with Gasteiger partial charge in [0.1, 0.15) is 11.6 Å². The van der Waals surface area contributed by atoms with E-state index in [0.717, 1.165) is 17.9 Å². The van der Waals surface area contributed by atoms with Gasteiger partial charge in [-0.2, -0.15) is 0 Å². The van der Waals surface area contributed by atoms with E-state index in [0.29, 0.717) is 12.2 Å². The number of rotatable bonds is 5. The van der Waals surface area contributed by atoms with Gasteiger partial charge < -0.3 is 14.4 Å². The van der Waals surface area contributed by atoms with Gasteiger partial charge in [0.05, 0.1) is 12.7 Å². The molecule has 0 fully saturated rings. The van der Waals surface area contributed by atoms with Crippen molar-refractivity contribution in [3.05, 3.63) is 48.0 Å². The van der Waals surface area contributed by atoms with Crippen molar-refractivity contribution in [3.8, 4) is 5.75 Å². The molecule has 2 rings (SSSR count). The average Bonchev–Trinajstić information content (AvgIpc) is 2.85. The van der Waals surface area contributed by atoms with Gasteiger partial charge in [-0.15, -0.1) is 0 Å². The highest BCUT2D eigenvalue weighted by molar-refractivity contribution is 5.38. The number of ether oxygens (including phenoxy) is 1. The summed E-state index contributed by atoms with van der Waals surface area (Å²) < 4.78 is 7.35. The molecule has 0 aliphatic carbocycles. The van der Waals surface area contributed by atoms with Crippen LogP contribution in [0.15, 0.2) is 36.7 Å². The highest BCUT2D eigenvalue weighted by Crippen LogP contribution is 2.32. The average molecular weight is 260 g/mol. The molecule has 0 saturated heterocycles. The van der Waals surface area contributed by atoms with Crippen molar-refractivity contribution in [3.63, 3.8) is 0 Å². The monoisotopic (exact) mass is 260 g/mol. The normalized spacial score (nSPS) is 14.1. The molecule has 1 heterocycles. The summed E-state index contributed by atoms with van der Waals surface area (Å²) in [5.74, 6) is 1.57. The smallest absolute Gasteiger partial charge is 0.124 e. The van der Waals surface area contributed by atoms with E-state index in [1.165, 1.54) is 0 Å². The number of imidazole rings is 1. The predicted molar refractivity (Wildman–Crippen MR) is 74.2 cm³/mol. The van der Waals surface area contributed by atoms with E-state index in [4.69, 9.17) is 4.74 Å². The molecule has 0 saturated carbocycles. The number of hydrogen-bond donors (Lipinski definition) is 1. The minimum absolute atomic E-state index is 0.453. The number of aliphatic hydroxyl groups is 1. The number of hydrogen-bond acceptors (Lipinski definition) is 3. The van der Waals surface area contributed by atoms with E-state index in [2.05, 4.69) is 11.9 Å². The number of nitrogens with zero attached hydrogens (tertiary/aromatic N) is 2. The van der Waals surface area contributed by atoms with Crippen molar-refractivity contribution in [1.29, 1.82) is 0 Å². The number of aryl methyl sites for hydroxylation is 1. The molecular formula is C15H20N2O2. The molecule has 19 heavy (non-hydrogen) atoms. The van der Waals surface area contributed by atoms with Gasteiger partial charge in [-0.3, -0.25) is 0 Å². The van der Waals surface area contributed by atoms with Gasteiger partial charge in [0.25, 0.3) is 0 Å². The molecule has 1 aromatic carbocycles. The molecule has 1 N–H and O–H groups in total. The van der Waals surface area contributed by atoms with Crippen LogP contribution < -0.4 is 4.74 Å². The predicted octanol–water partition coefficient (Wildman–Crippen LogP) is 2.36. The van der Waals surface area contributed by atoms with Gasteiger partial charge in [-0.05, 0) is 19.9 Å². The molecule has 0 spiro atoms. The maximum absolute atomic E-state index is 10.8. The Hall–Kier alpha value is -1.81. The van der Waals surface area contributed by atoms with Crippen LogP contribution in [0.1, 0.15) is 25.2 Å². The van der Waals surface area contributed by atoms with Crippen molar-refractivity contribution in [1.82, 2.24) is 9.55 Å². The van der Waals surface area contributed by atoms with Crippen LogP contribution in [0.4, 0.5) is 0 Å². The Kier molecular flexibility index (Phi) is 3.90. The number of para-hydroxylation sites is 1. The molecule has 0 bridgehead atoms. The molecule has 102 valence electrons. The topological polar surface area (TPSA) is 47.3 Å². The minimum Gasteiger partial charge on any atom is -0.496 e. The van der Waals surface area contributed by atoms with Gasteiger partial charge in [0.2, 0.25) is 0 Å². The van der Waals surface area contributed by atoms with Crippen LogP contribution in [-0.2, 0) is 18.6 Å². The maximum Gasteiger partial charge on any atom is 0.124 e. The molecule has 0 aliphatic heterocycles. The van der Waals surface area contributed by atoms with Crippen molar-refractivity contribution < 1.29 is 9.84 Å². The summed E-state index contributed by atoms with van der Waals surface area (Å²) in [5, 5.41) is 10.8. The lowest BCUT2D eigenvalue weighted by molar-refractivity contribution is 0.0520. The zero-order valence-electron chi connectivity index (χ0n) is 11.6. The van der Waals surface area contributed by atoms with E-state index in [9.17, 15) is 5.11 Å². The Morgan fingerprint density at radius 3 is 2.79 bits per heavy atom. The standard InChI is InChI=1S/C15H20N2O2/c1-4-17-10-9-16-14(17)11-15(2,18)12-7-5-6-8-13(12)19-3/h5-10,18H,4,11H2,1-3H3. The summed E-state index contributed by atoms with van der Waals surface area (Å²) in [6, 6.07) is 7.54. The Morgan fingerprint density at radius 2 is 2.11 bits per heavy atom. The summed E-state index contributed by atoms with van der Waals surface area (Å²) in [5.41, 5.74) is -0.228. The van der Waals surface area contributed by atoms with Crippen LogP contribution in [0, 0.1) is 0 Å². The first-order valence-corrected chi connectivity index (χ1v) is 6.44. The lowest BCUT2D eigenvalue weighted by atomic mass is 9.91. The molecule has 4 heteroatoms. The summed E-state index contributed by atoms with van der Waals surface area (Å²) in [4.78, 5) is 4.32. The minimum atomic E-state index is -1.01. The molecule has 0 aliphatic rings. The Morgan fingerprint density at radius 1 is 1.37 bits per heavy atom. The molecule has 1 aromatic heterocycles. The molecule has 0 radical (unpaired) electrons. The van der Waals surface area contributed by atoms with E-state index >= 15 is 0 Å². The fourth-order valence-electron chi connectivity index (χ4n) is 2.29. The van der Waals surface area contributed by atoms with Crippen LogP contribution in [0.3, 0.4) is 0 Å². The van der Waals surface area contributed by atoms with Crippen LogP contribution in [0.5, 0.6) is 5.75 Å². The summed E-state index contributed by atoms with van der Waals surface area (Å²) in [7, 11) is 1.61. The third kappa shape index (κ3) is 2.79. The van der Waals surface area contributed by atoms with Gasteiger partial charge >= 0.3 is 0 Å². The van der Waals surface area contributed by atoms with Crippen LogP contribution in [-0.4, -0.2) is 21.8 Å². The molecule has 1 unspecified atom stereocenters. The molecule has 1 atom stereocenters. The Labute approximate surface area is 113 Å². The highest BCUT2D eigenvalue weighted by atomic mass is 16.5. The first kappa shape index (κ1) is 13.6. The third-order valence-electron chi connectivity index (χ3n) is 3.33. The molecule has 0 amide bonds. The fourth-order valence-corrected chi connectivity index (χ4v) is 2.29. The fraction of sp³-hybridized carbons (Fsp3) is 0.400. The van der Waals surface area contributed by atoms with Crippen molar-refractivity contribution in [2.24, 2.45) is 0 Å². The van der Waals surface area contributed by atoms with E-state index in [1.54, 1.807) is 20.2 Å². The highest BCUT2D eigenvalue weighted by Gasteiger charge is 2.28. The maximum atomic E-state index is 10.8. The number of benzene rings is 1. The Bertz CT molecular complexity index is 547. The van der Waals surface area contributed by atoms with Crippen molar-refractivity contribution in [2.75, 3.05) is 7.11 Å². The SMILES string of the molecule is CCn1ccnc1CC(C)(O)c1ccccc1OC. The van der Waals surface area contributed by atoms with E-state index < -0.39 is 5.60 Å². The summed E-state index contributed by atoms with van der Waals surface area (Å²) in [6.07, 6.45) is 4.14. The summed E-state index contributed by atoms with van der Waals surface area (Å²) in [6.45, 7) is 4.69. The van der Waals surface area contributed by atoms with Crippen LogP contribution in [0.2, 0.25) is 0 Å². The van der Waals surface area contributed by atoms with Gasteiger partial charge in [-0.1, -0.05) is 18.2 Å². The first-order valence-electron chi connectivity index (χ1n) is 6.44. The van der Waals surface area contributed by atoms with Gasteiger partial charge in [0, 0.05) is 30.9 Å².